The van der Waals surface area contributed by atoms with E-state index in [1.54, 1.807) is 0 Å². The van der Waals surface area contributed by atoms with E-state index in [9.17, 15) is 9.59 Å². The van der Waals surface area contributed by atoms with Crippen molar-refractivity contribution in [2.45, 2.75) is 24.8 Å². The Hall–Kier alpha value is -0.620. The highest BCUT2D eigenvalue weighted by Crippen LogP contribution is 2.46. The first-order chi connectivity index (χ1) is 6.57. The number of hydrogen-bond donors (Lipinski definition) is 1. The summed E-state index contributed by atoms with van der Waals surface area (Å²) in [5.74, 6) is -1.13. The van der Waals surface area contributed by atoms with Crippen LogP contribution in [0.5, 0.6) is 0 Å². The van der Waals surface area contributed by atoms with Gasteiger partial charge in [-0.15, -0.1) is 0 Å². The summed E-state index contributed by atoms with van der Waals surface area (Å²) >= 11 is 6.30. The third-order valence-corrected chi connectivity index (χ3v) is 4.37. The molecule has 1 amide bonds. The Morgan fingerprint density at radius 2 is 2.36 bits per heavy atom. The fraction of sp³-hybridized carbons (Fsp3) is 0.625. The molecule has 2 aliphatic rings. The fourth-order valence-corrected chi connectivity index (χ4v) is 3.76. The summed E-state index contributed by atoms with van der Waals surface area (Å²) < 4.78 is 0.409. The van der Waals surface area contributed by atoms with Crippen LogP contribution in [0.1, 0.15) is 13.3 Å². The third-order valence-electron chi connectivity index (χ3n) is 2.60. The molecule has 0 aromatic carbocycles. The van der Waals surface area contributed by atoms with Crippen molar-refractivity contribution in [2.24, 2.45) is 5.92 Å². The SMILES string of the molecule is CCC1C(=O)N2C(C(=O)O)C(=S)SC12. The van der Waals surface area contributed by atoms with Gasteiger partial charge < -0.3 is 10.0 Å². The highest BCUT2D eigenvalue weighted by atomic mass is 32.2. The van der Waals surface area contributed by atoms with Gasteiger partial charge in [0.25, 0.3) is 0 Å². The Morgan fingerprint density at radius 3 is 2.86 bits per heavy atom. The second-order valence-electron chi connectivity index (χ2n) is 3.33. The van der Waals surface area contributed by atoms with E-state index >= 15 is 0 Å². The van der Waals surface area contributed by atoms with E-state index in [-0.39, 0.29) is 17.2 Å². The summed E-state index contributed by atoms with van der Waals surface area (Å²) in [6.45, 7) is 1.93. The number of amides is 1. The second kappa shape index (κ2) is 3.20. The standard InChI is InChI=1S/C8H9NO3S2/c1-2-3-5(10)9-4(7(11)12)8(13)14-6(3)9/h3-4,6H,2H2,1H3,(H,11,12). The van der Waals surface area contributed by atoms with Crippen LogP contribution in [0.15, 0.2) is 0 Å². The molecule has 0 spiro atoms. The first-order valence-electron chi connectivity index (χ1n) is 4.33. The average Bonchev–Trinajstić information content (AvgIpc) is 2.40. The highest BCUT2D eigenvalue weighted by Gasteiger charge is 2.58. The average molecular weight is 231 g/mol. The summed E-state index contributed by atoms with van der Waals surface area (Å²) in [7, 11) is 0. The van der Waals surface area contributed by atoms with E-state index in [4.69, 9.17) is 17.3 Å². The molecule has 2 heterocycles. The van der Waals surface area contributed by atoms with Gasteiger partial charge in [0, 0.05) is 0 Å². The number of carbonyl (C=O) groups is 2. The molecule has 76 valence electrons. The van der Waals surface area contributed by atoms with Crippen LogP contribution >= 0.6 is 24.0 Å². The van der Waals surface area contributed by atoms with E-state index in [1.165, 1.54) is 16.7 Å². The zero-order valence-electron chi connectivity index (χ0n) is 7.47. The number of carbonyl (C=O) groups excluding carboxylic acids is 1. The van der Waals surface area contributed by atoms with Gasteiger partial charge in [-0.1, -0.05) is 30.9 Å². The van der Waals surface area contributed by atoms with Crippen molar-refractivity contribution < 1.29 is 14.7 Å². The smallest absolute Gasteiger partial charge is 0.332 e. The van der Waals surface area contributed by atoms with E-state index in [0.717, 1.165) is 6.42 Å². The molecule has 6 heteroatoms. The Kier molecular flexibility index (Phi) is 2.27. The molecule has 0 aromatic heterocycles. The van der Waals surface area contributed by atoms with Crippen molar-refractivity contribution in [3.05, 3.63) is 0 Å². The van der Waals surface area contributed by atoms with Crippen LogP contribution in [0.3, 0.4) is 0 Å². The molecule has 14 heavy (non-hydrogen) atoms. The lowest BCUT2D eigenvalue weighted by molar-refractivity contribution is -0.159. The number of hydrogen-bond acceptors (Lipinski definition) is 4. The minimum atomic E-state index is -1.02. The lowest BCUT2D eigenvalue weighted by atomic mass is 9.94. The number of thiocarbonyl (C=S) groups is 1. The molecule has 0 aliphatic carbocycles. The monoisotopic (exact) mass is 231 g/mol. The lowest BCUT2D eigenvalue weighted by Gasteiger charge is -2.42. The fourth-order valence-electron chi connectivity index (χ4n) is 1.86. The molecule has 2 aliphatic heterocycles. The van der Waals surface area contributed by atoms with Gasteiger partial charge >= 0.3 is 5.97 Å². The van der Waals surface area contributed by atoms with Gasteiger partial charge in [-0.25, -0.2) is 4.79 Å². The zero-order chi connectivity index (χ0) is 10.5. The van der Waals surface area contributed by atoms with E-state index in [2.05, 4.69) is 0 Å². The number of carboxylic acids is 1. The number of carboxylic acid groups (broad SMARTS) is 1. The van der Waals surface area contributed by atoms with Crippen LogP contribution in [-0.4, -0.2) is 37.5 Å². The van der Waals surface area contributed by atoms with Crippen molar-refractivity contribution >= 4 is 40.1 Å². The van der Waals surface area contributed by atoms with Crippen LogP contribution in [0.4, 0.5) is 0 Å². The molecular weight excluding hydrogens is 222 g/mol. The second-order valence-corrected chi connectivity index (χ2v) is 5.19. The molecule has 1 N–H and O–H groups in total. The minimum Gasteiger partial charge on any atom is -0.479 e. The van der Waals surface area contributed by atoms with Gasteiger partial charge in [-0.2, -0.15) is 0 Å². The molecule has 0 radical (unpaired) electrons. The molecule has 0 saturated carbocycles. The van der Waals surface area contributed by atoms with Crippen molar-refractivity contribution in [3.63, 3.8) is 0 Å². The first-order valence-corrected chi connectivity index (χ1v) is 5.62. The summed E-state index contributed by atoms with van der Waals surface area (Å²) in [5.41, 5.74) is 0. The quantitative estimate of drug-likeness (QED) is 0.560. The molecule has 2 rings (SSSR count). The van der Waals surface area contributed by atoms with Crippen LogP contribution in [0.2, 0.25) is 0 Å². The normalized spacial score (nSPS) is 35.5. The van der Waals surface area contributed by atoms with Gasteiger partial charge in [0.05, 0.1) is 15.5 Å². The molecule has 2 saturated heterocycles. The predicted molar refractivity (Wildman–Crippen MR) is 56.0 cm³/mol. The zero-order valence-corrected chi connectivity index (χ0v) is 9.10. The topological polar surface area (TPSA) is 57.6 Å². The van der Waals surface area contributed by atoms with Crippen molar-refractivity contribution in [2.75, 3.05) is 0 Å². The molecule has 3 unspecified atom stereocenters. The van der Waals surface area contributed by atoms with E-state index < -0.39 is 12.0 Å². The maximum absolute atomic E-state index is 11.5. The molecular formula is C8H9NO3S2. The predicted octanol–water partition coefficient (Wildman–Crippen LogP) is 0.708. The van der Waals surface area contributed by atoms with Gasteiger partial charge in [-0.05, 0) is 6.42 Å². The summed E-state index contributed by atoms with van der Waals surface area (Å²) in [6.07, 6.45) is 0.752. The number of nitrogens with zero attached hydrogens (tertiary/aromatic N) is 1. The Labute approximate surface area is 90.6 Å². The van der Waals surface area contributed by atoms with Crippen molar-refractivity contribution in [3.8, 4) is 0 Å². The molecule has 0 aromatic rings. The van der Waals surface area contributed by atoms with Crippen LogP contribution in [0.25, 0.3) is 0 Å². The number of β-lactam (4-membered cyclic amide) rings is 1. The summed E-state index contributed by atoms with van der Waals surface area (Å²) in [4.78, 5) is 23.8. The number of thioether (sulfide) groups is 1. The third kappa shape index (κ3) is 1.10. The number of fused-ring (bicyclic) bond motifs is 1. The maximum atomic E-state index is 11.5. The van der Waals surface area contributed by atoms with E-state index in [0.29, 0.717) is 4.20 Å². The molecule has 0 bridgehead atoms. The van der Waals surface area contributed by atoms with Gasteiger partial charge in [-0.3, -0.25) is 4.79 Å². The summed E-state index contributed by atoms with van der Waals surface area (Å²) in [6, 6.07) is -0.879. The van der Waals surface area contributed by atoms with Crippen molar-refractivity contribution in [1.82, 2.24) is 4.90 Å². The molecule has 2 fully saturated rings. The largest absolute Gasteiger partial charge is 0.479 e. The van der Waals surface area contributed by atoms with Gasteiger partial charge in [0.2, 0.25) is 5.91 Å². The van der Waals surface area contributed by atoms with E-state index in [1.807, 2.05) is 6.92 Å². The van der Waals surface area contributed by atoms with Crippen molar-refractivity contribution in [1.29, 1.82) is 0 Å². The Bertz CT molecular complexity index is 331. The Balaban J connectivity index is 2.23. The number of aliphatic carboxylic acids is 1. The highest BCUT2D eigenvalue weighted by molar-refractivity contribution is 8.24. The van der Waals surface area contributed by atoms with Gasteiger partial charge in [0.1, 0.15) is 0 Å². The lowest BCUT2D eigenvalue weighted by Crippen LogP contribution is -2.61. The first kappa shape index (κ1) is 9.92. The van der Waals surface area contributed by atoms with Crippen LogP contribution in [-0.2, 0) is 9.59 Å². The molecule has 4 nitrogen and oxygen atoms in total. The Morgan fingerprint density at radius 1 is 1.71 bits per heavy atom. The van der Waals surface area contributed by atoms with Crippen LogP contribution in [0, 0.1) is 5.92 Å². The molecule has 3 atom stereocenters. The summed E-state index contributed by atoms with van der Waals surface area (Å²) in [5, 5.41) is 8.86. The van der Waals surface area contributed by atoms with Crippen LogP contribution < -0.4 is 0 Å². The van der Waals surface area contributed by atoms with Gasteiger partial charge in [0.15, 0.2) is 6.04 Å². The minimum absolute atomic E-state index is 0.0268. The maximum Gasteiger partial charge on any atom is 0.332 e. The number of rotatable bonds is 2.